The summed E-state index contributed by atoms with van der Waals surface area (Å²) in [6.07, 6.45) is 6.76. The zero-order valence-corrected chi connectivity index (χ0v) is 20.2. The Balaban J connectivity index is 0.00000256. The number of carbonyl (C=O) groups excluding carboxylic acids is 1. The minimum atomic E-state index is 0. The van der Waals surface area contributed by atoms with Crippen molar-refractivity contribution in [1.29, 1.82) is 0 Å². The normalized spacial score (nSPS) is 20.3. The van der Waals surface area contributed by atoms with Gasteiger partial charge in [-0.15, -0.1) is 24.0 Å². The second-order valence-corrected chi connectivity index (χ2v) is 8.38. The van der Waals surface area contributed by atoms with Crippen LogP contribution in [0.25, 0.3) is 11.0 Å². The number of imidazole rings is 1. The van der Waals surface area contributed by atoms with Crippen molar-refractivity contribution < 1.29 is 4.79 Å². The summed E-state index contributed by atoms with van der Waals surface area (Å²) < 4.78 is 0. The summed E-state index contributed by atoms with van der Waals surface area (Å²) in [5, 5.41) is 6.81. The lowest BCUT2D eigenvalue weighted by Crippen LogP contribution is -2.45. The maximum atomic E-state index is 12.8. The molecule has 2 aromatic rings. The second-order valence-electron chi connectivity index (χ2n) is 8.38. The summed E-state index contributed by atoms with van der Waals surface area (Å²) in [6.45, 7) is 4.26. The van der Waals surface area contributed by atoms with Crippen LogP contribution < -0.4 is 10.6 Å². The molecule has 0 spiro atoms. The lowest BCUT2D eigenvalue weighted by Gasteiger charge is -2.26. The molecule has 1 atom stereocenters. The number of nitrogens with zero attached hydrogens (tertiary/aromatic N) is 3. The van der Waals surface area contributed by atoms with Gasteiger partial charge in [0.25, 0.3) is 0 Å². The van der Waals surface area contributed by atoms with Crippen LogP contribution >= 0.6 is 24.0 Å². The molecule has 164 valence electrons. The van der Waals surface area contributed by atoms with Gasteiger partial charge in [-0.3, -0.25) is 9.79 Å². The molecule has 1 aliphatic carbocycles. The van der Waals surface area contributed by atoms with E-state index in [2.05, 4.69) is 44.7 Å². The molecule has 1 aromatic heterocycles. The maximum absolute atomic E-state index is 12.8. The van der Waals surface area contributed by atoms with Crippen LogP contribution in [0.15, 0.2) is 23.2 Å². The van der Waals surface area contributed by atoms with Gasteiger partial charge in [-0.25, -0.2) is 4.98 Å². The Morgan fingerprint density at radius 1 is 1.27 bits per heavy atom. The van der Waals surface area contributed by atoms with Gasteiger partial charge in [-0.1, -0.05) is 25.3 Å². The predicted octanol–water partition coefficient (Wildman–Crippen LogP) is 3.34. The van der Waals surface area contributed by atoms with Crippen LogP contribution in [0.5, 0.6) is 0 Å². The van der Waals surface area contributed by atoms with Gasteiger partial charge in [0.15, 0.2) is 5.96 Å². The number of guanidine groups is 1. The fourth-order valence-corrected chi connectivity index (χ4v) is 4.50. The number of hydrogen-bond acceptors (Lipinski definition) is 3. The van der Waals surface area contributed by atoms with E-state index in [0.29, 0.717) is 12.5 Å². The molecule has 1 amide bonds. The molecule has 2 aliphatic rings. The summed E-state index contributed by atoms with van der Waals surface area (Å²) in [4.78, 5) is 27.1. The van der Waals surface area contributed by atoms with E-state index >= 15 is 0 Å². The van der Waals surface area contributed by atoms with Gasteiger partial charge in [0.05, 0.1) is 17.6 Å². The van der Waals surface area contributed by atoms with Gasteiger partial charge in [0, 0.05) is 32.1 Å². The van der Waals surface area contributed by atoms with E-state index in [1.54, 1.807) is 7.05 Å². The second kappa shape index (κ2) is 10.5. The fraction of sp³-hybridized carbons (Fsp3) is 0.591. The molecule has 1 aromatic carbocycles. The molecular weight excluding hydrogens is 491 g/mol. The van der Waals surface area contributed by atoms with Gasteiger partial charge >= 0.3 is 0 Å². The van der Waals surface area contributed by atoms with Crippen LogP contribution in [-0.2, 0) is 11.3 Å². The third-order valence-electron chi connectivity index (χ3n) is 6.13. The molecular formula is C22H33IN6O. The number of likely N-dealkylation sites (tertiary alicyclic amines) is 1. The molecule has 8 heteroatoms. The van der Waals surface area contributed by atoms with Crippen LogP contribution in [0.3, 0.4) is 0 Å². The smallest absolute Gasteiger partial charge is 0.225 e. The number of carbonyl (C=O) groups is 1. The first kappa shape index (κ1) is 22.8. The van der Waals surface area contributed by atoms with E-state index in [0.717, 1.165) is 55.2 Å². The van der Waals surface area contributed by atoms with Crippen LogP contribution in [0, 0.1) is 12.8 Å². The highest BCUT2D eigenvalue weighted by Crippen LogP contribution is 2.26. The number of aryl methyl sites for hydroxylation is 1. The SMILES string of the molecule is CN=C(NCc1nc2ccc(C)cc2[nH]1)NC1CCN(C(=O)C2CCCCC2)C1.I. The summed E-state index contributed by atoms with van der Waals surface area (Å²) in [5.74, 6) is 2.24. The minimum absolute atomic E-state index is 0. The molecule has 0 bridgehead atoms. The van der Waals surface area contributed by atoms with E-state index in [1.807, 2.05) is 11.0 Å². The third kappa shape index (κ3) is 5.44. The summed E-state index contributed by atoms with van der Waals surface area (Å²) in [7, 11) is 1.78. The van der Waals surface area contributed by atoms with Crippen molar-refractivity contribution >= 4 is 46.9 Å². The van der Waals surface area contributed by atoms with Crippen molar-refractivity contribution in [1.82, 2.24) is 25.5 Å². The average Bonchev–Trinajstić information content (AvgIpc) is 3.37. The highest BCUT2D eigenvalue weighted by molar-refractivity contribution is 14.0. The average molecular weight is 524 g/mol. The number of hydrogen-bond donors (Lipinski definition) is 3. The van der Waals surface area contributed by atoms with Gasteiger partial charge < -0.3 is 20.5 Å². The highest BCUT2D eigenvalue weighted by atomic mass is 127. The lowest BCUT2D eigenvalue weighted by atomic mass is 9.88. The first-order valence-corrected chi connectivity index (χ1v) is 10.8. The van der Waals surface area contributed by atoms with Crippen molar-refractivity contribution in [2.75, 3.05) is 20.1 Å². The maximum Gasteiger partial charge on any atom is 0.225 e. The number of aromatic nitrogens is 2. The summed E-state index contributed by atoms with van der Waals surface area (Å²) >= 11 is 0. The number of fused-ring (bicyclic) bond motifs is 1. The van der Waals surface area contributed by atoms with Crippen LogP contribution in [-0.4, -0.2) is 52.9 Å². The molecule has 0 radical (unpaired) electrons. The quantitative estimate of drug-likeness (QED) is 0.326. The monoisotopic (exact) mass is 524 g/mol. The Kier molecular flexibility index (Phi) is 7.96. The van der Waals surface area contributed by atoms with E-state index in [9.17, 15) is 4.79 Å². The van der Waals surface area contributed by atoms with E-state index in [1.165, 1.54) is 24.8 Å². The standard InChI is InChI=1S/C22H32N6O.HI/c1-15-8-9-18-19(12-15)27-20(26-18)13-24-22(23-2)25-17-10-11-28(14-17)21(29)16-6-4-3-5-7-16;/h8-9,12,16-17H,3-7,10-11,13-14H2,1-2H3,(H,26,27)(H2,23,24,25);1H. The van der Waals surface area contributed by atoms with Crippen molar-refractivity contribution in [2.45, 2.75) is 58.0 Å². The number of aliphatic imine (C=N–C) groups is 1. The largest absolute Gasteiger partial charge is 0.352 e. The lowest BCUT2D eigenvalue weighted by molar-refractivity contribution is -0.135. The van der Waals surface area contributed by atoms with Crippen LogP contribution in [0.1, 0.15) is 49.9 Å². The molecule has 30 heavy (non-hydrogen) atoms. The van der Waals surface area contributed by atoms with Crippen molar-refractivity contribution in [3.8, 4) is 0 Å². The van der Waals surface area contributed by atoms with E-state index in [4.69, 9.17) is 0 Å². The first-order valence-electron chi connectivity index (χ1n) is 10.8. The molecule has 1 unspecified atom stereocenters. The number of nitrogens with one attached hydrogen (secondary N) is 3. The third-order valence-corrected chi connectivity index (χ3v) is 6.13. The zero-order valence-electron chi connectivity index (χ0n) is 17.9. The molecule has 4 rings (SSSR count). The number of benzene rings is 1. The number of amides is 1. The fourth-order valence-electron chi connectivity index (χ4n) is 4.50. The van der Waals surface area contributed by atoms with Gasteiger partial charge in [-0.2, -0.15) is 0 Å². The predicted molar refractivity (Wildman–Crippen MR) is 131 cm³/mol. The van der Waals surface area contributed by atoms with Gasteiger partial charge in [0.1, 0.15) is 5.82 Å². The number of halogens is 1. The van der Waals surface area contributed by atoms with Crippen LogP contribution in [0.2, 0.25) is 0 Å². The Hall–Kier alpha value is -1.84. The first-order chi connectivity index (χ1) is 14.1. The van der Waals surface area contributed by atoms with Crippen molar-refractivity contribution in [2.24, 2.45) is 10.9 Å². The zero-order chi connectivity index (χ0) is 20.2. The molecule has 2 fully saturated rings. The van der Waals surface area contributed by atoms with Crippen molar-refractivity contribution in [3.05, 3.63) is 29.6 Å². The molecule has 2 heterocycles. The molecule has 1 saturated heterocycles. The minimum Gasteiger partial charge on any atom is -0.352 e. The Bertz CT molecular complexity index is 889. The summed E-state index contributed by atoms with van der Waals surface area (Å²) in [6, 6.07) is 6.46. The number of rotatable bonds is 4. The van der Waals surface area contributed by atoms with E-state index in [-0.39, 0.29) is 35.9 Å². The Morgan fingerprint density at radius 3 is 2.83 bits per heavy atom. The molecule has 1 saturated carbocycles. The van der Waals surface area contributed by atoms with Crippen molar-refractivity contribution in [3.63, 3.8) is 0 Å². The topological polar surface area (TPSA) is 85.4 Å². The van der Waals surface area contributed by atoms with E-state index < -0.39 is 0 Å². The molecule has 3 N–H and O–H groups in total. The van der Waals surface area contributed by atoms with Gasteiger partial charge in [0.2, 0.25) is 5.91 Å². The molecule has 1 aliphatic heterocycles. The summed E-state index contributed by atoms with van der Waals surface area (Å²) in [5.41, 5.74) is 3.24. The molecule has 7 nitrogen and oxygen atoms in total. The van der Waals surface area contributed by atoms with Crippen LogP contribution in [0.4, 0.5) is 0 Å². The number of H-pyrrole nitrogens is 1. The number of aromatic amines is 1. The van der Waals surface area contributed by atoms with Gasteiger partial charge in [-0.05, 0) is 43.9 Å². The highest BCUT2D eigenvalue weighted by Gasteiger charge is 2.31. The Labute approximate surface area is 195 Å². The Morgan fingerprint density at radius 2 is 2.07 bits per heavy atom.